The Morgan fingerprint density at radius 1 is 0.933 bits per heavy atom. The molecule has 234 valence electrons. The van der Waals surface area contributed by atoms with Crippen molar-refractivity contribution < 1.29 is 19.0 Å². The van der Waals surface area contributed by atoms with Gasteiger partial charge >= 0.3 is 6.03 Å². The Morgan fingerprint density at radius 2 is 1.69 bits per heavy atom. The van der Waals surface area contributed by atoms with Gasteiger partial charge in [0.15, 0.2) is 5.75 Å². The van der Waals surface area contributed by atoms with Gasteiger partial charge in [-0.05, 0) is 40.1 Å². The summed E-state index contributed by atoms with van der Waals surface area (Å²) in [5.74, 6) is 0.501. The minimum absolute atomic E-state index is 0.200. The normalized spacial score (nSPS) is 15.3. The van der Waals surface area contributed by atoms with Gasteiger partial charge in [0.2, 0.25) is 0 Å². The van der Waals surface area contributed by atoms with Gasteiger partial charge in [-0.15, -0.1) is 0 Å². The number of pyridine rings is 1. The minimum Gasteiger partial charge on any atom is -0.492 e. The van der Waals surface area contributed by atoms with E-state index in [2.05, 4.69) is 64.8 Å². The molecule has 3 N–H and O–H groups in total. The zero-order valence-corrected chi connectivity index (χ0v) is 26.3. The molecule has 0 saturated carbocycles. The van der Waals surface area contributed by atoms with Crippen LogP contribution in [0.4, 0.5) is 21.9 Å². The molecule has 1 aromatic heterocycles. The van der Waals surface area contributed by atoms with Crippen LogP contribution in [0.2, 0.25) is 0 Å². The lowest BCUT2D eigenvalue weighted by Gasteiger charge is -2.26. The quantitative estimate of drug-likeness (QED) is 0.220. The number of hydrogen-bond donors (Lipinski definition) is 3. The molecule has 10 nitrogen and oxygen atoms in total. The Labute approximate surface area is 263 Å². The first kappa shape index (κ1) is 30.4. The summed E-state index contributed by atoms with van der Waals surface area (Å²) in [6.07, 6.45) is 1.93. The van der Waals surface area contributed by atoms with Gasteiger partial charge in [0.1, 0.15) is 6.61 Å². The van der Waals surface area contributed by atoms with Crippen molar-refractivity contribution in [2.75, 3.05) is 62.5 Å². The van der Waals surface area contributed by atoms with Crippen molar-refractivity contribution in [3.8, 4) is 16.9 Å². The molecule has 0 bridgehead atoms. The van der Waals surface area contributed by atoms with Gasteiger partial charge in [-0.25, -0.2) is 9.79 Å². The molecule has 0 aliphatic carbocycles. The van der Waals surface area contributed by atoms with Gasteiger partial charge in [-0.3, -0.25) is 9.88 Å². The predicted molar refractivity (Wildman–Crippen MR) is 179 cm³/mol. The first-order valence-corrected chi connectivity index (χ1v) is 15.3. The van der Waals surface area contributed by atoms with Crippen molar-refractivity contribution >= 4 is 39.9 Å². The monoisotopic (exact) mass is 608 g/mol. The number of benzene rings is 3. The number of rotatable bonds is 7. The zero-order chi connectivity index (χ0) is 31.4. The van der Waals surface area contributed by atoms with Crippen LogP contribution in [0.15, 0.2) is 71.9 Å². The first-order chi connectivity index (χ1) is 21.8. The molecule has 4 aromatic rings. The van der Waals surface area contributed by atoms with Gasteiger partial charge in [-0.2, -0.15) is 0 Å². The van der Waals surface area contributed by atoms with Crippen molar-refractivity contribution in [2.45, 2.75) is 32.7 Å². The molecule has 1 saturated heterocycles. The molecule has 45 heavy (non-hydrogen) atoms. The predicted octanol–water partition coefficient (Wildman–Crippen LogP) is 6.48. The number of amidine groups is 1. The maximum atomic E-state index is 13.4. The Morgan fingerprint density at radius 3 is 2.38 bits per heavy atom. The number of methoxy groups -OCH3 is 1. The number of carbonyl (C=O) groups excluding carboxylic acids is 1. The van der Waals surface area contributed by atoms with E-state index >= 15 is 0 Å². The Bertz CT molecular complexity index is 1710. The molecule has 3 aromatic carbocycles. The van der Waals surface area contributed by atoms with E-state index in [1.165, 1.54) is 0 Å². The number of aromatic nitrogens is 1. The number of hydrogen-bond acceptors (Lipinski definition) is 8. The number of aliphatic imine (C=N–C) groups is 1. The number of fused-ring (bicyclic) bond motifs is 1. The van der Waals surface area contributed by atoms with Crippen LogP contribution < -0.4 is 20.7 Å². The van der Waals surface area contributed by atoms with Gasteiger partial charge in [0.25, 0.3) is 6.02 Å². The van der Waals surface area contributed by atoms with E-state index in [9.17, 15) is 4.79 Å². The largest absolute Gasteiger partial charge is 0.492 e. The number of amides is 2. The van der Waals surface area contributed by atoms with E-state index in [-0.39, 0.29) is 11.4 Å². The van der Waals surface area contributed by atoms with Crippen molar-refractivity contribution in [1.82, 2.24) is 9.88 Å². The molecule has 0 unspecified atom stereocenters. The summed E-state index contributed by atoms with van der Waals surface area (Å²) in [5, 5.41) is 11.3. The summed E-state index contributed by atoms with van der Waals surface area (Å²) in [7, 11) is 1.59. The number of nitrogens with one attached hydrogen (secondary N) is 3. The smallest absolute Gasteiger partial charge is 0.323 e. The number of urea groups is 1. The lowest BCUT2D eigenvalue weighted by Crippen LogP contribution is -2.35. The fourth-order valence-corrected chi connectivity index (χ4v) is 5.76. The molecule has 2 aliphatic rings. The topological polar surface area (TPSA) is 109 Å². The van der Waals surface area contributed by atoms with Crippen LogP contribution >= 0.6 is 0 Å². The van der Waals surface area contributed by atoms with Gasteiger partial charge in [-0.1, -0.05) is 63.2 Å². The highest BCUT2D eigenvalue weighted by Crippen LogP contribution is 2.42. The molecule has 1 fully saturated rings. The highest BCUT2D eigenvalue weighted by Gasteiger charge is 2.26. The number of ether oxygens (including phenoxy) is 3. The standard InChI is InChI=1S/C35H40N6O4/c1-35(2,3)28-12-14-30(32(43-4)31(28)40-34-36-15-18-45-34)39-33(42)38-29-13-11-25(26-7-5-6-8-27(26)29)23-9-10-24(37-21-23)22-41-16-19-44-20-17-41/h5-14,21H,15-20,22H2,1-4H3,(H,36,40)(H2,38,39,42). The maximum Gasteiger partial charge on any atom is 0.323 e. The fraction of sp³-hybridized carbons (Fsp3) is 0.343. The van der Waals surface area contributed by atoms with Gasteiger partial charge < -0.3 is 30.2 Å². The summed E-state index contributed by atoms with van der Waals surface area (Å²) in [6, 6.07) is 20.1. The third kappa shape index (κ3) is 6.87. The zero-order valence-electron chi connectivity index (χ0n) is 26.3. The molecule has 2 aliphatic heterocycles. The second-order valence-electron chi connectivity index (χ2n) is 12.2. The summed E-state index contributed by atoms with van der Waals surface area (Å²) >= 11 is 0. The van der Waals surface area contributed by atoms with Crippen LogP contribution in [0.3, 0.4) is 0 Å². The van der Waals surface area contributed by atoms with Gasteiger partial charge in [0, 0.05) is 36.8 Å². The molecule has 0 radical (unpaired) electrons. The van der Waals surface area contributed by atoms with Crippen molar-refractivity contribution in [3.63, 3.8) is 0 Å². The Balaban J connectivity index is 1.23. The van der Waals surface area contributed by atoms with Crippen molar-refractivity contribution in [1.29, 1.82) is 0 Å². The minimum atomic E-state index is -0.385. The SMILES string of the molecule is COc1c(NC(=O)Nc2ccc(-c3ccc(CN4CCOCC4)nc3)c3ccccc23)ccc(C(C)(C)C)c1NC1=NCCO1. The molecule has 2 amide bonds. The molecule has 0 atom stereocenters. The van der Waals surface area contributed by atoms with E-state index in [0.717, 1.165) is 66.0 Å². The van der Waals surface area contributed by atoms with Crippen LogP contribution in [-0.4, -0.2) is 68.5 Å². The average molecular weight is 609 g/mol. The average Bonchev–Trinajstić information content (AvgIpc) is 3.55. The number of carbonyl (C=O) groups is 1. The molecule has 3 heterocycles. The van der Waals surface area contributed by atoms with Gasteiger partial charge in [0.05, 0.1) is 49.6 Å². The Hall–Kier alpha value is -4.67. The summed E-state index contributed by atoms with van der Waals surface area (Å²) in [4.78, 5) is 24.9. The van der Waals surface area contributed by atoms with Crippen LogP contribution in [0.1, 0.15) is 32.0 Å². The van der Waals surface area contributed by atoms with E-state index in [4.69, 9.17) is 19.2 Å². The van der Waals surface area contributed by atoms with Crippen LogP contribution in [0.25, 0.3) is 21.9 Å². The summed E-state index contributed by atoms with van der Waals surface area (Å²) < 4.78 is 16.9. The maximum absolute atomic E-state index is 13.4. The third-order valence-electron chi connectivity index (χ3n) is 8.03. The van der Waals surface area contributed by atoms with E-state index in [1.54, 1.807) is 7.11 Å². The molecular formula is C35H40N6O4. The molecule has 6 rings (SSSR count). The second kappa shape index (κ2) is 13.1. The molecular weight excluding hydrogens is 568 g/mol. The lowest BCUT2D eigenvalue weighted by atomic mass is 9.85. The fourth-order valence-electron chi connectivity index (χ4n) is 5.76. The summed E-state index contributed by atoms with van der Waals surface area (Å²) in [5.41, 5.74) is 5.84. The van der Waals surface area contributed by atoms with E-state index in [0.29, 0.717) is 42.0 Å². The van der Waals surface area contributed by atoms with Crippen LogP contribution in [0, 0.1) is 0 Å². The van der Waals surface area contributed by atoms with E-state index < -0.39 is 0 Å². The van der Waals surface area contributed by atoms with Crippen molar-refractivity contribution in [2.24, 2.45) is 4.99 Å². The number of nitrogens with zero attached hydrogens (tertiary/aromatic N) is 3. The summed E-state index contributed by atoms with van der Waals surface area (Å²) in [6.45, 7) is 11.7. The third-order valence-corrected chi connectivity index (χ3v) is 8.03. The molecule has 10 heteroatoms. The van der Waals surface area contributed by atoms with Crippen molar-refractivity contribution in [3.05, 3.63) is 78.1 Å². The second-order valence-corrected chi connectivity index (χ2v) is 12.2. The first-order valence-electron chi connectivity index (χ1n) is 15.3. The molecule has 0 spiro atoms. The van der Waals surface area contributed by atoms with E-state index in [1.807, 2.05) is 48.7 Å². The number of anilines is 3. The highest BCUT2D eigenvalue weighted by atomic mass is 16.5. The highest BCUT2D eigenvalue weighted by molar-refractivity contribution is 6.10. The Kier molecular flexibility index (Phi) is 8.86. The number of morpholine rings is 1. The van der Waals surface area contributed by atoms with Crippen LogP contribution in [0.5, 0.6) is 5.75 Å². The lowest BCUT2D eigenvalue weighted by molar-refractivity contribution is 0.0336. The van der Waals surface area contributed by atoms with Crippen LogP contribution in [-0.2, 0) is 21.4 Å².